The first-order valence-corrected chi connectivity index (χ1v) is 8.79. The normalized spacial score (nSPS) is 14.7. The van der Waals surface area contributed by atoms with Gasteiger partial charge in [0, 0.05) is 42.9 Å². The van der Waals surface area contributed by atoms with Crippen molar-refractivity contribution in [2.45, 2.75) is 19.9 Å². The highest BCUT2D eigenvalue weighted by Crippen LogP contribution is 2.22. The Morgan fingerprint density at radius 1 is 1.12 bits per heavy atom. The molecule has 25 heavy (non-hydrogen) atoms. The van der Waals surface area contributed by atoms with Crippen LogP contribution in [0.1, 0.15) is 24.3 Å². The monoisotopic (exact) mass is 359 g/mol. The van der Waals surface area contributed by atoms with Crippen LogP contribution in [0.3, 0.4) is 0 Å². The lowest BCUT2D eigenvalue weighted by Crippen LogP contribution is -2.46. The van der Waals surface area contributed by atoms with E-state index in [0.29, 0.717) is 5.69 Å². The minimum atomic E-state index is -0.195. The molecule has 1 amide bonds. The Morgan fingerprint density at radius 2 is 1.84 bits per heavy atom. The van der Waals surface area contributed by atoms with Crippen LogP contribution in [0.2, 0.25) is 5.02 Å². The van der Waals surface area contributed by atoms with Crippen molar-refractivity contribution >= 4 is 29.0 Å². The summed E-state index contributed by atoms with van der Waals surface area (Å²) in [5, 5.41) is 3.57. The van der Waals surface area contributed by atoms with Gasteiger partial charge in [0.1, 0.15) is 11.5 Å². The van der Waals surface area contributed by atoms with Crippen molar-refractivity contribution in [3.05, 3.63) is 47.4 Å². The molecule has 132 valence electrons. The fraction of sp³-hybridized carbons (Fsp3) is 0.389. The largest absolute Gasteiger partial charge is 0.368 e. The van der Waals surface area contributed by atoms with E-state index in [9.17, 15) is 4.79 Å². The summed E-state index contributed by atoms with van der Waals surface area (Å²) in [5.41, 5.74) is 1.48. The fourth-order valence-corrected chi connectivity index (χ4v) is 2.99. The molecular formula is C18H22ClN5O. The van der Waals surface area contributed by atoms with Gasteiger partial charge in [-0.05, 0) is 32.0 Å². The van der Waals surface area contributed by atoms with Crippen LogP contribution in [0.4, 0.5) is 11.5 Å². The lowest BCUT2D eigenvalue weighted by atomic mass is 10.2. The van der Waals surface area contributed by atoms with E-state index in [1.807, 2.05) is 32.0 Å². The van der Waals surface area contributed by atoms with Gasteiger partial charge in [0.05, 0.1) is 12.4 Å². The van der Waals surface area contributed by atoms with Crippen LogP contribution < -0.4 is 15.1 Å². The zero-order valence-electron chi connectivity index (χ0n) is 14.4. The summed E-state index contributed by atoms with van der Waals surface area (Å²) in [7, 11) is 0. The predicted molar refractivity (Wildman–Crippen MR) is 101 cm³/mol. The molecule has 2 aromatic rings. The number of hydrogen-bond donors (Lipinski definition) is 1. The second kappa shape index (κ2) is 7.70. The number of aromatic nitrogens is 2. The number of halogens is 1. The Balaban J connectivity index is 1.60. The lowest BCUT2D eigenvalue weighted by Gasteiger charge is -2.36. The summed E-state index contributed by atoms with van der Waals surface area (Å²) in [5.74, 6) is 0.603. The molecule has 1 aromatic heterocycles. The van der Waals surface area contributed by atoms with Gasteiger partial charge in [-0.1, -0.05) is 17.7 Å². The van der Waals surface area contributed by atoms with E-state index in [1.54, 1.807) is 6.20 Å². The van der Waals surface area contributed by atoms with Crippen LogP contribution in [0.15, 0.2) is 36.7 Å². The maximum absolute atomic E-state index is 11.9. The Bertz CT molecular complexity index is 727. The van der Waals surface area contributed by atoms with Gasteiger partial charge in [0.25, 0.3) is 5.91 Å². The molecule has 0 spiro atoms. The van der Waals surface area contributed by atoms with Crippen molar-refractivity contribution in [2.24, 2.45) is 0 Å². The minimum absolute atomic E-state index is 0.0774. The average Bonchev–Trinajstić information content (AvgIpc) is 2.61. The zero-order chi connectivity index (χ0) is 17.8. The highest BCUT2D eigenvalue weighted by Gasteiger charge is 2.19. The number of benzene rings is 1. The van der Waals surface area contributed by atoms with E-state index < -0.39 is 0 Å². The van der Waals surface area contributed by atoms with Crippen LogP contribution in [0, 0.1) is 0 Å². The van der Waals surface area contributed by atoms with Crippen LogP contribution in [0.25, 0.3) is 0 Å². The van der Waals surface area contributed by atoms with Gasteiger partial charge >= 0.3 is 0 Å². The van der Waals surface area contributed by atoms with Gasteiger partial charge in [-0.3, -0.25) is 4.79 Å². The molecule has 6 nitrogen and oxygen atoms in total. The van der Waals surface area contributed by atoms with Crippen LogP contribution in [-0.4, -0.2) is 48.1 Å². The summed E-state index contributed by atoms with van der Waals surface area (Å²) in [6, 6.07) is 7.99. The average molecular weight is 360 g/mol. The second-order valence-electron chi connectivity index (χ2n) is 6.34. The molecule has 0 unspecified atom stereocenters. The molecule has 0 atom stereocenters. The molecule has 1 saturated heterocycles. The SMILES string of the molecule is CC(C)NC(=O)c1cnc(N2CCN(c3cccc(Cl)c3)CC2)cn1. The number of nitrogens with zero attached hydrogens (tertiary/aromatic N) is 4. The van der Waals surface area contributed by atoms with Crippen LogP contribution >= 0.6 is 11.6 Å². The summed E-state index contributed by atoms with van der Waals surface area (Å²) in [6.07, 6.45) is 3.21. The van der Waals surface area contributed by atoms with Gasteiger partial charge < -0.3 is 15.1 Å². The van der Waals surface area contributed by atoms with Crippen molar-refractivity contribution in [2.75, 3.05) is 36.0 Å². The van der Waals surface area contributed by atoms with E-state index in [0.717, 1.165) is 42.7 Å². The first-order valence-electron chi connectivity index (χ1n) is 8.41. The van der Waals surface area contributed by atoms with Crippen LogP contribution in [-0.2, 0) is 0 Å². The molecule has 0 saturated carbocycles. The maximum atomic E-state index is 11.9. The van der Waals surface area contributed by atoms with E-state index in [4.69, 9.17) is 11.6 Å². The Morgan fingerprint density at radius 3 is 2.44 bits per heavy atom. The number of rotatable bonds is 4. The molecule has 0 bridgehead atoms. The third kappa shape index (κ3) is 4.39. The number of nitrogens with one attached hydrogen (secondary N) is 1. The molecule has 1 fully saturated rings. The van der Waals surface area contributed by atoms with Crippen LogP contribution in [0.5, 0.6) is 0 Å². The van der Waals surface area contributed by atoms with E-state index >= 15 is 0 Å². The van der Waals surface area contributed by atoms with Crippen molar-refractivity contribution in [3.8, 4) is 0 Å². The molecule has 1 aliphatic rings. The molecular weight excluding hydrogens is 338 g/mol. The summed E-state index contributed by atoms with van der Waals surface area (Å²) in [6.45, 7) is 7.30. The van der Waals surface area contributed by atoms with Gasteiger partial charge in [-0.25, -0.2) is 9.97 Å². The Labute approximate surface area is 152 Å². The topological polar surface area (TPSA) is 61.4 Å². The number of piperazine rings is 1. The molecule has 2 heterocycles. The van der Waals surface area contributed by atoms with Crippen molar-refractivity contribution in [1.29, 1.82) is 0 Å². The number of carbonyl (C=O) groups is 1. The Hall–Kier alpha value is -2.34. The highest BCUT2D eigenvalue weighted by atomic mass is 35.5. The predicted octanol–water partition coefficient (Wildman–Crippen LogP) is 2.59. The van der Waals surface area contributed by atoms with Crippen molar-refractivity contribution < 1.29 is 4.79 Å². The second-order valence-corrected chi connectivity index (χ2v) is 6.78. The number of hydrogen-bond acceptors (Lipinski definition) is 5. The van der Waals surface area contributed by atoms with E-state index in [1.165, 1.54) is 6.20 Å². The van der Waals surface area contributed by atoms with E-state index in [-0.39, 0.29) is 11.9 Å². The Kier molecular flexibility index (Phi) is 5.38. The maximum Gasteiger partial charge on any atom is 0.271 e. The fourth-order valence-electron chi connectivity index (χ4n) is 2.80. The quantitative estimate of drug-likeness (QED) is 0.909. The number of anilines is 2. The first-order chi connectivity index (χ1) is 12.0. The third-order valence-corrected chi connectivity index (χ3v) is 4.30. The molecule has 1 N–H and O–H groups in total. The smallest absolute Gasteiger partial charge is 0.271 e. The van der Waals surface area contributed by atoms with Crippen molar-refractivity contribution in [3.63, 3.8) is 0 Å². The summed E-state index contributed by atoms with van der Waals surface area (Å²) >= 11 is 6.07. The van der Waals surface area contributed by atoms with E-state index in [2.05, 4.69) is 31.2 Å². The van der Waals surface area contributed by atoms with Crippen molar-refractivity contribution in [1.82, 2.24) is 15.3 Å². The molecule has 3 rings (SSSR count). The molecule has 7 heteroatoms. The first kappa shape index (κ1) is 17.5. The lowest BCUT2D eigenvalue weighted by molar-refractivity contribution is 0.0937. The third-order valence-electron chi connectivity index (χ3n) is 4.07. The molecule has 1 aliphatic heterocycles. The van der Waals surface area contributed by atoms with Gasteiger partial charge in [0.2, 0.25) is 0 Å². The molecule has 0 radical (unpaired) electrons. The van der Waals surface area contributed by atoms with Gasteiger partial charge in [0.15, 0.2) is 0 Å². The highest BCUT2D eigenvalue weighted by molar-refractivity contribution is 6.30. The summed E-state index contributed by atoms with van der Waals surface area (Å²) in [4.78, 5) is 25.1. The number of carbonyl (C=O) groups excluding carboxylic acids is 1. The zero-order valence-corrected chi connectivity index (χ0v) is 15.2. The van der Waals surface area contributed by atoms with Gasteiger partial charge in [-0.15, -0.1) is 0 Å². The number of amides is 1. The standard InChI is InChI=1S/C18H22ClN5O/c1-13(2)22-18(25)16-11-21-17(12-20-16)24-8-6-23(7-9-24)15-5-3-4-14(19)10-15/h3-5,10-13H,6-9H2,1-2H3,(H,22,25). The molecule has 0 aliphatic carbocycles. The summed E-state index contributed by atoms with van der Waals surface area (Å²) < 4.78 is 0. The minimum Gasteiger partial charge on any atom is -0.368 e. The molecule has 1 aromatic carbocycles. The van der Waals surface area contributed by atoms with Gasteiger partial charge in [-0.2, -0.15) is 0 Å².